The Labute approximate surface area is 167 Å². The second-order valence-corrected chi connectivity index (χ2v) is 7.57. The summed E-state index contributed by atoms with van der Waals surface area (Å²) >= 11 is 0. The first kappa shape index (κ1) is 19.5. The molecule has 0 aliphatic carbocycles. The number of piperidine rings is 1. The van der Waals surface area contributed by atoms with Crippen LogP contribution in [0.25, 0.3) is 0 Å². The molecule has 1 saturated heterocycles. The summed E-state index contributed by atoms with van der Waals surface area (Å²) in [4.78, 5) is 35.0. The lowest BCUT2D eigenvalue weighted by molar-refractivity contribution is -0.122. The SMILES string of the molecule is COCCC(=O)NC[C@H]1[C@H]2C[C@H](CN(c3ncc(F)cn3)C2)c2cccc(=O)n21. The first-order valence-corrected chi connectivity index (χ1v) is 9.76. The molecule has 2 aliphatic heterocycles. The lowest BCUT2D eigenvalue weighted by Crippen LogP contribution is -2.52. The minimum Gasteiger partial charge on any atom is -0.384 e. The number of anilines is 1. The monoisotopic (exact) mass is 401 g/mol. The van der Waals surface area contributed by atoms with E-state index in [1.807, 2.05) is 15.5 Å². The van der Waals surface area contributed by atoms with Crippen LogP contribution in [-0.2, 0) is 9.53 Å². The topological polar surface area (TPSA) is 89.3 Å². The van der Waals surface area contributed by atoms with Crippen molar-refractivity contribution in [2.75, 3.05) is 38.3 Å². The standard InChI is InChI=1S/C20H24FN5O3/c1-29-6-5-18(27)22-10-17-14-7-13(16-3-2-4-19(28)26(16)17)11-25(12-14)20-23-8-15(21)9-24-20/h2-4,8-9,13-14,17H,5-7,10-12H2,1H3,(H,22,27)/t13-,14+,17+/m1/s1. The second-order valence-electron chi connectivity index (χ2n) is 7.57. The third kappa shape index (κ3) is 4.00. The number of halogens is 1. The van der Waals surface area contributed by atoms with Crippen LogP contribution in [0.15, 0.2) is 35.4 Å². The maximum Gasteiger partial charge on any atom is 0.251 e. The summed E-state index contributed by atoms with van der Waals surface area (Å²) in [5.41, 5.74) is 0.900. The van der Waals surface area contributed by atoms with Crippen molar-refractivity contribution in [3.63, 3.8) is 0 Å². The molecule has 0 spiro atoms. The van der Waals surface area contributed by atoms with Crippen LogP contribution in [0, 0.1) is 11.7 Å². The van der Waals surface area contributed by atoms with Gasteiger partial charge in [-0.15, -0.1) is 0 Å². The molecule has 9 heteroatoms. The van der Waals surface area contributed by atoms with Crippen LogP contribution in [0.5, 0.6) is 0 Å². The van der Waals surface area contributed by atoms with E-state index in [1.165, 1.54) is 12.4 Å². The van der Waals surface area contributed by atoms with E-state index in [0.717, 1.165) is 12.1 Å². The minimum atomic E-state index is -0.473. The van der Waals surface area contributed by atoms with Gasteiger partial charge in [-0.05, 0) is 18.4 Å². The zero-order chi connectivity index (χ0) is 20.4. The van der Waals surface area contributed by atoms with Crippen LogP contribution in [0.3, 0.4) is 0 Å². The Balaban J connectivity index is 1.60. The molecule has 2 bridgehead atoms. The zero-order valence-electron chi connectivity index (χ0n) is 16.3. The van der Waals surface area contributed by atoms with E-state index in [0.29, 0.717) is 32.2 Å². The van der Waals surface area contributed by atoms with Crippen molar-refractivity contribution >= 4 is 11.9 Å². The summed E-state index contributed by atoms with van der Waals surface area (Å²) in [6.07, 6.45) is 3.53. The van der Waals surface area contributed by atoms with E-state index in [1.54, 1.807) is 19.2 Å². The zero-order valence-corrected chi connectivity index (χ0v) is 16.3. The third-order valence-electron chi connectivity index (χ3n) is 5.73. The third-order valence-corrected chi connectivity index (χ3v) is 5.73. The fraction of sp³-hybridized carbons (Fsp3) is 0.500. The Morgan fingerprint density at radius 1 is 1.31 bits per heavy atom. The summed E-state index contributed by atoms with van der Waals surface area (Å²) in [6.45, 7) is 2.03. The maximum absolute atomic E-state index is 13.2. The molecule has 0 aromatic carbocycles. The average molecular weight is 401 g/mol. The number of fused-ring (bicyclic) bond motifs is 4. The molecular weight excluding hydrogens is 377 g/mol. The van der Waals surface area contributed by atoms with Crippen LogP contribution >= 0.6 is 0 Å². The number of amides is 1. The van der Waals surface area contributed by atoms with Crippen molar-refractivity contribution in [1.82, 2.24) is 19.9 Å². The number of methoxy groups -OCH3 is 1. The van der Waals surface area contributed by atoms with Gasteiger partial charge in [0.05, 0.1) is 25.0 Å². The number of aromatic nitrogens is 3. The number of rotatable bonds is 6. The lowest BCUT2D eigenvalue weighted by Gasteiger charge is -2.47. The second kappa shape index (κ2) is 8.28. The molecule has 2 aromatic rings. The number of nitrogens with one attached hydrogen (secondary N) is 1. The molecule has 8 nitrogen and oxygen atoms in total. The van der Waals surface area contributed by atoms with E-state index < -0.39 is 5.82 Å². The predicted octanol–water partition coefficient (Wildman–Crippen LogP) is 1.09. The van der Waals surface area contributed by atoms with Gasteiger partial charge in [0.15, 0.2) is 5.82 Å². The molecule has 3 atom stereocenters. The number of hydrogen-bond acceptors (Lipinski definition) is 6. The largest absolute Gasteiger partial charge is 0.384 e. The summed E-state index contributed by atoms with van der Waals surface area (Å²) in [5, 5.41) is 2.94. The number of carbonyl (C=O) groups excluding carboxylic acids is 1. The Morgan fingerprint density at radius 3 is 2.86 bits per heavy atom. The summed E-state index contributed by atoms with van der Waals surface area (Å²) in [5.74, 6) is 0.193. The highest BCUT2D eigenvalue weighted by atomic mass is 19.1. The quantitative estimate of drug-likeness (QED) is 0.780. The molecule has 2 aliphatic rings. The molecule has 0 radical (unpaired) electrons. The lowest BCUT2D eigenvalue weighted by atomic mass is 9.78. The van der Waals surface area contributed by atoms with Crippen molar-refractivity contribution in [3.05, 3.63) is 52.5 Å². The van der Waals surface area contributed by atoms with Gasteiger partial charge in [0.2, 0.25) is 11.9 Å². The fourth-order valence-electron chi connectivity index (χ4n) is 4.44. The molecule has 1 amide bonds. The van der Waals surface area contributed by atoms with E-state index >= 15 is 0 Å². The molecule has 0 unspecified atom stereocenters. The van der Waals surface area contributed by atoms with Crippen LogP contribution in [-0.4, -0.2) is 53.8 Å². The summed E-state index contributed by atoms with van der Waals surface area (Å²) in [6, 6.07) is 5.14. The molecule has 29 heavy (non-hydrogen) atoms. The fourth-order valence-corrected chi connectivity index (χ4v) is 4.44. The summed E-state index contributed by atoms with van der Waals surface area (Å²) in [7, 11) is 1.55. The Bertz CT molecular complexity index is 932. The van der Waals surface area contributed by atoms with Gasteiger partial charge in [-0.25, -0.2) is 14.4 Å². The smallest absolute Gasteiger partial charge is 0.251 e. The number of carbonyl (C=O) groups is 1. The average Bonchev–Trinajstić information content (AvgIpc) is 2.73. The first-order valence-electron chi connectivity index (χ1n) is 9.76. The van der Waals surface area contributed by atoms with Gasteiger partial charge >= 0.3 is 0 Å². The molecule has 4 heterocycles. The van der Waals surface area contributed by atoms with E-state index in [4.69, 9.17) is 4.74 Å². The van der Waals surface area contributed by atoms with Crippen molar-refractivity contribution in [2.45, 2.75) is 24.8 Å². The Morgan fingerprint density at radius 2 is 2.10 bits per heavy atom. The van der Waals surface area contributed by atoms with Gasteiger partial charge in [-0.2, -0.15) is 0 Å². The molecule has 4 rings (SSSR count). The van der Waals surface area contributed by atoms with Crippen molar-refractivity contribution in [2.24, 2.45) is 5.92 Å². The van der Waals surface area contributed by atoms with Gasteiger partial charge in [-0.3, -0.25) is 9.59 Å². The summed E-state index contributed by atoms with van der Waals surface area (Å²) < 4.78 is 20.0. The van der Waals surface area contributed by atoms with Crippen LogP contribution in [0.2, 0.25) is 0 Å². The van der Waals surface area contributed by atoms with Gasteiger partial charge in [0.1, 0.15) is 0 Å². The molecular formula is C20H24FN5O3. The highest BCUT2D eigenvalue weighted by Crippen LogP contribution is 2.41. The van der Waals surface area contributed by atoms with Crippen molar-refractivity contribution in [1.29, 1.82) is 0 Å². The van der Waals surface area contributed by atoms with Crippen molar-refractivity contribution < 1.29 is 13.9 Å². The highest BCUT2D eigenvalue weighted by molar-refractivity contribution is 5.75. The number of ether oxygens (including phenoxy) is 1. The van der Waals surface area contributed by atoms with Crippen LogP contribution in [0.1, 0.15) is 30.5 Å². The Kier molecular flexibility index (Phi) is 5.57. The van der Waals surface area contributed by atoms with E-state index in [9.17, 15) is 14.0 Å². The number of hydrogen-bond donors (Lipinski definition) is 1. The van der Waals surface area contributed by atoms with Gasteiger partial charge in [0.25, 0.3) is 5.56 Å². The minimum absolute atomic E-state index is 0.0557. The molecule has 1 N–H and O–H groups in total. The number of nitrogens with zero attached hydrogens (tertiary/aromatic N) is 4. The van der Waals surface area contributed by atoms with Gasteiger partial charge in [-0.1, -0.05) is 6.07 Å². The van der Waals surface area contributed by atoms with Crippen molar-refractivity contribution in [3.8, 4) is 0 Å². The first-order chi connectivity index (χ1) is 14.1. The molecule has 0 saturated carbocycles. The van der Waals surface area contributed by atoms with Crippen LogP contribution in [0.4, 0.5) is 10.3 Å². The number of pyridine rings is 1. The normalized spacial score (nSPS) is 22.8. The predicted molar refractivity (Wildman–Crippen MR) is 104 cm³/mol. The Hall–Kier alpha value is -2.81. The maximum atomic E-state index is 13.2. The van der Waals surface area contributed by atoms with E-state index in [-0.39, 0.29) is 35.8 Å². The van der Waals surface area contributed by atoms with Gasteiger partial charge < -0.3 is 19.5 Å². The molecule has 2 aromatic heterocycles. The molecule has 1 fully saturated rings. The van der Waals surface area contributed by atoms with Crippen LogP contribution < -0.4 is 15.8 Å². The van der Waals surface area contributed by atoms with E-state index in [2.05, 4.69) is 15.3 Å². The molecule has 154 valence electrons. The highest BCUT2D eigenvalue weighted by Gasteiger charge is 2.41. The van der Waals surface area contributed by atoms with Gasteiger partial charge in [0, 0.05) is 50.8 Å².